The van der Waals surface area contributed by atoms with Gasteiger partial charge in [-0.15, -0.1) is 11.3 Å². The van der Waals surface area contributed by atoms with Crippen molar-refractivity contribution in [3.63, 3.8) is 0 Å². The van der Waals surface area contributed by atoms with Gasteiger partial charge in [-0.3, -0.25) is 0 Å². The maximum absolute atomic E-state index is 5.43. The molecular weight excluding hydrogens is 206 g/mol. The fourth-order valence-electron chi connectivity index (χ4n) is 1.81. The number of morpholine rings is 1. The van der Waals surface area contributed by atoms with E-state index in [1.54, 1.807) is 11.3 Å². The Hall–Kier alpha value is -0.640. The molecule has 2 rings (SSSR count). The van der Waals surface area contributed by atoms with Crippen LogP contribution in [0.1, 0.15) is 18.2 Å². The molecule has 0 bridgehead atoms. The van der Waals surface area contributed by atoms with Gasteiger partial charge in [0.25, 0.3) is 0 Å². The lowest BCUT2D eigenvalue weighted by atomic mass is 10.1. The molecule has 2 heterocycles. The SMILES string of the molecule is C/C(=C/c1cccs1)CC1COCCN1. The molecule has 0 aromatic carbocycles. The van der Waals surface area contributed by atoms with E-state index in [1.807, 2.05) is 0 Å². The van der Waals surface area contributed by atoms with Crippen molar-refractivity contribution in [2.75, 3.05) is 19.8 Å². The summed E-state index contributed by atoms with van der Waals surface area (Å²) in [6.45, 7) is 4.87. The summed E-state index contributed by atoms with van der Waals surface area (Å²) in [5.74, 6) is 0. The molecule has 1 aliphatic heterocycles. The zero-order valence-electron chi connectivity index (χ0n) is 9.03. The lowest BCUT2D eigenvalue weighted by molar-refractivity contribution is 0.0771. The molecule has 82 valence electrons. The summed E-state index contributed by atoms with van der Waals surface area (Å²) < 4.78 is 5.43. The minimum absolute atomic E-state index is 0.495. The highest BCUT2D eigenvalue weighted by atomic mass is 32.1. The van der Waals surface area contributed by atoms with Crippen molar-refractivity contribution >= 4 is 17.4 Å². The summed E-state index contributed by atoms with van der Waals surface area (Å²) in [7, 11) is 0. The van der Waals surface area contributed by atoms with E-state index in [0.717, 1.165) is 26.2 Å². The normalized spacial score (nSPS) is 23.0. The van der Waals surface area contributed by atoms with Crippen molar-refractivity contribution < 1.29 is 4.74 Å². The number of ether oxygens (including phenoxy) is 1. The van der Waals surface area contributed by atoms with Crippen molar-refractivity contribution in [1.29, 1.82) is 0 Å². The summed E-state index contributed by atoms with van der Waals surface area (Å²) in [5.41, 5.74) is 1.42. The third-order valence-electron chi connectivity index (χ3n) is 2.50. The molecule has 1 aliphatic rings. The largest absolute Gasteiger partial charge is 0.379 e. The molecule has 15 heavy (non-hydrogen) atoms. The van der Waals surface area contributed by atoms with Crippen LogP contribution in [0.3, 0.4) is 0 Å². The molecule has 2 nitrogen and oxygen atoms in total. The predicted molar refractivity (Wildman–Crippen MR) is 65.2 cm³/mol. The Morgan fingerprint density at radius 3 is 3.33 bits per heavy atom. The number of nitrogens with one attached hydrogen (secondary N) is 1. The summed E-state index contributed by atoms with van der Waals surface area (Å²) in [5, 5.41) is 5.58. The quantitative estimate of drug-likeness (QED) is 0.850. The molecular formula is C12H17NOS. The monoisotopic (exact) mass is 223 g/mol. The van der Waals surface area contributed by atoms with E-state index in [1.165, 1.54) is 10.5 Å². The van der Waals surface area contributed by atoms with Gasteiger partial charge in [0.2, 0.25) is 0 Å². The molecule has 0 amide bonds. The maximum atomic E-state index is 5.43. The fourth-order valence-corrected chi connectivity index (χ4v) is 2.56. The van der Waals surface area contributed by atoms with Gasteiger partial charge in [-0.2, -0.15) is 0 Å². The van der Waals surface area contributed by atoms with Gasteiger partial charge in [0.1, 0.15) is 0 Å². The van der Waals surface area contributed by atoms with Crippen LogP contribution in [0.2, 0.25) is 0 Å². The van der Waals surface area contributed by atoms with Crippen LogP contribution in [0.5, 0.6) is 0 Å². The Morgan fingerprint density at radius 2 is 2.67 bits per heavy atom. The zero-order chi connectivity index (χ0) is 10.5. The van der Waals surface area contributed by atoms with E-state index < -0.39 is 0 Å². The molecule has 1 aromatic rings. The average Bonchev–Trinajstić information content (AvgIpc) is 2.71. The minimum Gasteiger partial charge on any atom is -0.379 e. The highest BCUT2D eigenvalue weighted by molar-refractivity contribution is 7.10. The summed E-state index contributed by atoms with van der Waals surface area (Å²) in [6, 6.07) is 4.74. The van der Waals surface area contributed by atoms with E-state index in [2.05, 4.69) is 35.8 Å². The second-order valence-electron chi connectivity index (χ2n) is 3.94. The highest BCUT2D eigenvalue weighted by Gasteiger charge is 2.12. The Morgan fingerprint density at radius 1 is 1.73 bits per heavy atom. The molecule has 1 aromatic heterocycles. The zero-order valence-corrected chi connectivity index (χ0v) is 9.85. The second kappa shape index (κ2) is 5.45. The highest BCUT2D eigenvalue weighted by Crippen LogP contribution is 2.16. The van der Waals surface area contributed by atoms with Crippen LogP contribution >= 0.6 is 11.3 Å². The number of rotatable bonds is 3. The molecule has 0 spiro atoms. The Balaban J connectivity index is 1.88. The molecule has 0 aliphatic carbocycles. The Kier molecular flexibility index (Phi) is 3.94. The molecule has 1 atom stereocenters. The van der Waals surface area contributed by atoms with Gasteiger partial charge < -0.3 is 10.1 Å². The summed E-state index contributed by atoms with van der Waals surface area (Å²) >= 11 is 1.79. The molecule has 0 radical (unpaired) electrons. The number of hydrogen-bond acceptors (Lipinski definition) is 3. The van der Waals surface area contributed by atoms with Crippen LogP contribution < -0.4 is 5.32 Å². The van der Waals surface area contributed by atoms with Crippen molar-refractivity contribution in [3.8, 4) is 0 Å². The first-order chi connectivity index (χ1) is 7.34. The first-order valence-corrected chi connectivity index (χ1v) is 6.24. The standard InChI is InChI=1S/C12H17NOS/c1-10(8-12-3-2-6-15-12)7-11-9-14-5-4-13-11/h2-3,6,8,11,13H,4-5,7,9H2,1H3/b10-8-. The van der Waals surface area contributed by atoms with Crippen LogP contribution in [-0.2, 0) is 4.74 Å². The third-order valence-corrected chi connectivity index (χ3v) is 3.32. The molecule has 0 saturated carbocycles. The van der Waals surface area contributed by atoms with Gasteiger partial charge in [-0.1, -0.05) is 11.6 Å². The van der Waals surface area contributed by atoms with Gasteiger partial charge in [-0.05, 0) is 30.9 Å². The molecule has 1 saturated heterocycles. The molecule has 1 unspecified atom stereocenters. The van der Waals surface area contributed by atoms with Crippen molar-refractivity contribution in [2.45, 2.75) is 19.4 Å². The Bertz CT molecular complexity index is 312. The van der Waals surface area contributed by atoms with Gasteiger partial charge in [0.05, 0.1) is 13.2 Å². The van der Waals surface area contributed by atoms with E-state index in [9.17, 15) is 0 Å². The topological polar surface area (TPSA) is 21.3 Å². The van der Waals surface area contributed by atoms with E-state index in [0.29, 0.717) is 6.04 Å². The van der Waals surface area contributed by atoms with Gasteiger partial charge >= 0.3 is 0 Å². The van der Waals surface area contributed by atoms with Crippen LogP contribution in [0.15, 0.2) is 23.1 Å². The van der Waals surface area contributed by atoms with Crippen molar-refractivity contribution in [2.24, 2.45) is 0 Å². The first kappa shape index (κ1) is 10.9. The smallest absolute Gasteiger partial charge is 0.0623 e. The molecule has 3 heteroatoms. The summed E-state index contributed by atoms with van der Waals surface area (Å²) in [6.07, 6.45) is 3.35. The van der Waals surface area contributed by atoms with Crippen molar-refractivity contribution in [3.05, 3.63) is 28.0 Å². The van der Waals surface area contributed by atoms with Crippen LogP contribution in [0.25, 0.3) is 6.08 Å². The third kappa shape index (κ3) is 3.45. The fraction of sp³-hybridized carbons (Fsp3) is 0.500. The molecule has 1 fully saturated rings. The van der Waals surface area contributed by atoms with Crippen LogP contribution in [0, 0.1) is 0 Å². The van der Waals surface area contributed by atoms with Gasteiger partial charge in [0, 0.05) is 17.5 Å². The maximum Gasteiger partial charge on any atom is 0.0623 e. The minimum atomic E-state index is 0.495. The lowest BCUT2D eigenvalue weighted by Gasteiger charge is -2.23. The van der Waals surface area contributed by atoms with Crippen LogP contribution in [-0.4, -0.2) is 25.8 Å². The van der Waals surface area contributed by atoms with Gasteiger partial charge in [-0.25, -0.2) is 0 Å². The average molecular weight is 223 g/mol. The first-order valence-electron chi connectivity index (χ1n) is 5.36. The predicted octanol–water partition coefficient (Wildman–Crippen LogP) is 2.53. The van der Waals surface area contributed by atoms with E-state index >= 15 is 0 Å². The van der Waals surface area contributed by atoms with E-state index in [-0.39, 0.29) is 0 Å². The van der Waals surface area contributed by atoms with Crippen molar-refractivity contribution in [1.82, 2.24) is 5.32 Å². The molecule has 1 N–H and O–H groups in total. The Labute approximate surface area is 95.0 Å². The number of thiophene rings is 1. The van der Waals surface area contributed by atoms with Gasteiger partial charge in [0.15, 0.2) is 0 Å². The number of hydrogen-bond donors (Lipinski definition) is 1. The lowest BCUT2D eigenvalue weighted by Crippen LogP contribution is -2.41. The summed E-state index contributed by atoms with van der Waals surface area (Å²) in [4.78, 5) is 1.34. The second-order valence-corrected chi connectivity index (χ2v) is 4.92. The van der Waals surface area contributed by atoms with Crippen LogP contribution in [0.4, 0.5) is 0 Å². The van der Waals surface area contributed by atoms with E-state index in [4.69, 9.17) is 4.74 Å².